The van der Waals surface area contributed by atoms with Gasteiger partial charge in [0.2, 0.25) is 0 Å². The van der Waals surface area contributed by atoms with E-state index in [2.05, 4.69) is 18.3 Å². The monoisotopic (exact) mass is 290 g/mol. The Morgan fingerprint density at radius 2 is 2.10 bits per heavy atom. The summed E-state index contributed by atoms with van der Waals surface area (Å²) in [7, 11) is 1.93. The molecular weight excluding hydrogens is 267 g/mol. The fourth-order valence-corrected chi connectivity index (χ4v) is 2.28. The van der Waals surface area contributed by atoms with Gasteiger partial charge in [-0.25, -0.2) is 4.39 Å². The van der Waals surface area contributed by atoms with Gasteiger partial charge in [-0.15, -0.1) is 0 Å². The van der Waals surface area contributed by atoms with E-state index in [1.807, 2.05) is 24.9 Å². The Morgan fingerprint density at radius 1 is 1.29 bits per heavy atom. The number of anilines is 1. The molecule has 0 radical (unpaired) electrons. The molecule has 1 aromatic carbocycles. The van der Waals surface area contributed by atoms with Crippen molar-refractivity contribution in [2.45, 2.75) is 33.4 Å². The van der Waals surface area contributed by atoms with E-state index in [1.54, 1.807) is 6.07 Å². The average Bonchev–Trinajstić information content (AvgIpc) is 2.79. The quantitative estimate of drug-likeness (QED) is 0.785. The normalized spacial score (nSPS) is 10.9. The van der Waals surface area contributed by atoms with Crippen molar-refractivity contribution in [3.63, 3.8) is 0 Å². The molecule has 1 heterocycles. The molecule has 0 saturated carbocycles. The summed E-state index contributed by atoms with van der Waals surface area (Å²) in [6, 6.07) is 8.66. The lowest BCUT2D eigenvalue weighted by Gasteiger charge is -2.17. The predicted molar refractivity (Wildman–Crippen MR) is 83.9 cm³/mol. The number of hydrogen-bond donors (Lipinski definition) is 1. The lowest BCUT2D eigenvalue weighted by atomic mass is 10.2. The van der Waals surface area contributed by atoms with Crippen molar-refractivity contribution in [3.8, 4) is 0 Å². The van der Waals surface area contributed by atoms with Gasteiger partial charge in [0.25, 0.3) is 0 Å². The van der Waals surface area contributed by atoms with Crippen LogP contribution in [-0.4, -0.2) is 13.6 Å². The number of nitrogens with zero attached hydrogens (tertiary/aromatic N) is 1. The van der Waals surface area contributed by atoms with E-state index >= 15 is 0 Å². The van der Waals surface area contributed by atoms with Gasteiger partial charge in [0.15, 0.2) is 0 Å². The fourth-order valence-electron chi connectivity index (χ4n) is 2.28. The number of hydrogen-bond acceptors (Lipinski definition) is 3. The Morgan fingerprint density at radius 3 is 2.81 bits per heavy atom. The first kappa shape index (κ1) is 15.6. The minimum atomic E-state index is -0.223. The molecule has 3 nitrogen and oxygen atoms in total. The van der Waals surface area contributed by atoms with Crippen LogP contribution in [0.5, 0.6) is 0 Å². The maximum absolute atomic E-state index is 13.2. The van der Waals surface area contributed by atoms with E-state index in [-0.39, 0.29) is 5.82 Å². The Kier molecular flexibility index (Phi) is 5.39. The van der Waals surface area contributed by atoms with Gasteiger partial charge >= 0.3 is 0 Å². The van der Waals surface area contributed by atoms with Gasteiger partial charge in [0.1, 0.15) is 17.3 Å². The maximum atomic E-state index is 13.2. The fraction of sp³-hybridized carbons (Fsp3) is 0.412. The number of rotatable bonds is 7. The second-order valence-corrected chi connectivity index (χ2v) is 5.31. The molecule has 114 valence electrons. The van der Waals surface area contributed by atoms with Crippen molar-refractivity contribution in [2.24, 2.45) is 0 Å². The summed E-state index contributed by atoms with van der Waals surface area (Å²) in [5.41, 5.74) is 2.03. The van der Waals surface area contributed by atoms with E-state index in [4.69, 9.17) is 4.42 Å². The summed E-state index contributed by atoms with van der Waals surface area (Å²) in [6.07, 6.45) is 1.12. The molecule has 21 heavy (non-hydrogen) atoms. The van der Waals surface area contributed by atoms with Gasteiger partial charge in [-0.1, -0.05) is 13.0 Å². The highest BCUT2D eigenvalue weighted by atomic mass is 19.1. The Bertz CT molecular complexity index is 580. The van der Waals surface area contributed by atoms with Crippen LogP contribution in [0.4, 0.5) is 10.1 Å². The minimum absolute atomic E-state index is 0.223. The first-order chi connectivity index (χ1) is 10.1. The lowest BCUT2D eigenvalue weighted by Crippen LogP contribution is -2.16. The highest BCUT2D eigenvalue weighted by Crippen LogP contribution is 2.20. The Hall–Kier alpha value is -1.81. The van der Waals surface area contributed by atoms with Crippen LogP contribution in [0.3, 0.4) is 0 Å². The van der Waals surface area contributed by atoms with Crippen LogP contribution in [-0.2, 0) is 13.1 Å². The topological polar surface area (TPSA) is 28.4 Å². The SMILES string of the molecule is CCCNCc1cc(CN(C)c2cccc(F)c2)oc1C. The molecule has 0 spiro atoms. The van der Waals surface area contributed by atoms with Gasteiger partial charge in [-0.05, 0) is 44.2 Å². The van der Waals surface area contributed by atoms with E-state index in [0.29, 0.717) is 6.54 Å². The average molecular weight is 290 g/mol. The molecule has 2 rings (SSSR count). The second kappa shape index (κ2) is 7.27. The zero-order valence-electron chi connectivity index (χ0n) is 12.9. The van der Waals surface area contributed by atoms with Crippen molar-refractivity contribution in [3.05, 3.63) is 53.2 Å². The molecule has 0 aliphatic heterocycles. The molecule has 4 heteroatoms. The standard InChI is InChI=1S/C17H23FN2O/c1-4-8-19-11-14-9-17(21-13(14)2)12-20(3)16-7-5-6-15(18)10-16/h5-7,9-10,19H,4,8,11-12H2,1-3H3. The molecule has 2 aromatic rings. The number of nitrogens with one attached hydrogen (secondary N) is 1. The van der Waals surface area contributed by atoms with Gasteiger partial charge in [-0.2, -0.15) is 0 Å². The molecule has 0 aliphatic rings. The summed E-state index contributed by atoms with van der Waals surface area (Å²) in [5, 5.41) is 3.37. The molecule has 0 aliphatic carbocycles. The highest BCUT2D eigenvalue weighted by Gasteiger charge is 2.10. The smallest absolute Gasteiger partial charge is 0.125 e. The summed E-state index contributed by atoms with van der Waals surface area (Å²) in [6.45, 7) is 6.58. The van der Waals surface area contributed by atoms with E-state index in [0.717, 1.165) is 36.7 Å². The van der Waals surface area contributed by atoms with E-state index in [9.17, 15) is 4.39 Å². The molecule has 0 unspecified atom stereocenters. The van der Waals surface area contributed by atoms with Gasteiger partial charge in [0, 0.05) is 24.8 Å². The van der Waals surface area contributed by atoms with Gasteiger partial charge in [-0.3, -0.25) is 0 Å². The van der Waals surface area contributed by atoms with Crippen LogP contribution < -0.4 is 10.2 Å². The zero-order valence-corrected chi connectivity index (χ0v) is 12.9. The lowest BCUT2D eigenvalue weighted by molar-refractivity contribution is 0.477. The van der Waals surface area contributed by atoms with Gasteiger partial charge < -0.3 is 14.6 Å². The maximum Gasteiger partial charge on any atom is 0.125 e. The van der Waals surface area contributed by atoms with Crippen LogP contribution in [0.1, 0.15) is 30.4 Å². The largest absolute Gasteiger partial charge is 0.464 e. The van der Waals surface area contributed by atoms with E-state index in [1.165, 1.54) is 17.7 Å². The summed E-state index contributed by atoms with van der Waals surface area (Å²) >= 11 is 0. The Balaban J connectivity index is 2.01. The first-order valence-electron chi connectivity index (χ1n) is 7.35. The molecule has 1 aromatic heterocycles. The third kappa shape index (κ3) is 4.33. The highest BCUT2D eigenvalue weighted by molar-refractivity contribution is 5.45. The number of aryl methyl sites for hydroxylation is 1. The summed E-state index contributed by atoms with van der Waals surface area (Å²) < 4.78 is 19.0. The number of furan rings is 1. The van der Waals surface area contributed by atoms with Crippen molar-refractivity contribution in [1.29, 1.82) is 0 Å². The molecule has 0 fully saturated rings. The molecule has 0 saturated heterocycles. The van der Waals surface area contributed by atoms with Crippen LogP contribution >= 0.6 is 0 Å². The van der Waals surface area contributed by atoms with Crippen LogP contribution in [0.25, 0.3) is 0 Å². The van der Waals surface area contributed by atoms with Crippen molar-refractivity contribution in [1.82, 2.24) is 5.32 Å². The third-order valence-electron chi connectivity index (χ3n) is 3.46. The van der Waals surface area contributed by atoms with Crippen molar-refractivity contribution in [2.75, 3.05) is 18.5 Å². The minimum Gasteiger partial charge on any atom is -0.464 e. The zero-order chi connectivity index (χ0) is 15.2. The molecule has 0 amide bonds. The summed E-state index contributed by atoms with van der Waals surface area (Å²) in [4.78, 5) is 1.98. The molecule has 0 atom stereocenters. The predicted octanol–water partition coefficient (Wildman–Crippen LogP) is 3.86. The van der Waals surface area contributed by atoms with E-state index < -0.39 is 0 Å². The van der Waals surface area contributed by atoms with Gasteiger partial charge in [0.05, 0.1) is 6.54 Å². The van der Waals surface area contributed by atoms with Crippen molar-refractivity contribution >= 4 is 5.69 Å². The number of halogens is 1. The van der Waals surface area contributed by atoms with Crippen LogP contribution in [0.15, 0.2) is 34.7 Å². The number of benzene rings is 1. The summed E-state index contributed by atoms with van der Waals surface area (Å²) in [5.74, 6) is 1.62. The van der Waals surface area contributed by atoms with Crippen LogP contribution in [0, 0.1) is 12.7 Å². The van der Waals surface area contributed by atoms with Crippen molar-refractivity contribution < 1.29 is 8.81 Å². The Labute approximate surface area is 125 Å². The van der Waals surface area contributed by atoms with Crippen LogP contribution in [0.2, 0.25) is 0 Å². The molecule has 1 N–H and O–H groups in total. The molecular formula is C17H23FN2O. The second-order valence-electron chi connectivity index (χ2n) is 5.31. The molecule has 0 bridgehead atoms. The first-order valence-corrected chi connectivity index (χ1v) is 7.35. The third-order valence-corrected chi connectivity index (χ3v) is 3.46.